The van der Waals surface area contributed by atoms with Gasteiger partial charge in [0.2, 0.25) is 0 Å². The standard InChI is InChI=1S/C14H21NO/c15-10-5-11-16-14-9-4-3-8-13(14)12-6-1-2-7-12/h3-4,8-9,12H,1-2,5-7,10-11,15H2. The topological polar surface area (TPSA) is 35.2 Å². The normalized spacial score (nSPS) is 16.6. The van der Waals surface area contributed by atoms with Gasteiger partial charge in [-0.05, 0) is 43.4 Å². The van der Waals surface area contributed by atoms with Crippen LogP contribution in [0, 0.1) is 0 Å². The first-order valence-corrected chi connectivity index (χ1v) is 6.33. The molecule has 1 aliphatic carbocycles. The number of benzene rings is 1. The summed E-state index contributed by atoms with van der Waals surface area (Å²) in [6, 6.07) is 8.47. The van der Waals surface area contributed by atoms with E-state index in [1.54, 1.807) is 0 Å². The van der Waals surface area contributed by atoms with Crippen LogP contribution in [-0.2, 0) is 0 Å². The zero-order valence-electron chi connectivity index (χ0n) is 9.82. The van der Waals surface area contributed by atoms with E-state index in [9.17, 15) is 0 Å². The first-order valence-electron chi connectivity index (χ1n) is 6.33. The highest BCUT2D eigenvalue weighted by Crippen LogP contribution is 2.38. The molecule has 2 nitrogen and oxygen atoms in total. The summed E-state index contributed by atoms with van der Waals surface area (Å²) in [4.78, 5) is 0. The fourth-order valence-corrected chi connectivity index (χ4v) is 2.45. The molecular formula is C14H21NO. The maximum Gasteiger partial charge on any atom is 0.122 e. The van der Waals surface area contributed by atoms with E-state index in [1.807, 2.05) is 0 Å². The molecule has 1 aromatic rings. The first kappa shape index (κ1) is 11.5. The fraction of sp³-hybridized carbons (Fsp3) is 0.571. The van der Waals surface area contributed by atoms with Crippen LogP contribution in [-0.4, -0.2) is 13.2 Å². The average Bonchev–Trinajstić information content (AvgIpc) is 2.83. The second kappa shape index (κ2) is 5.90. The molecule has 88 valence electrons. The molecule has 0 spiro atoms. The average molecular weight is 219 g/mol. The molecule has 2 heteroatoms. The quantitative estimate of drug-likeness (QED) is 0.772. The van der Waals surface area contributed by atoms with Crippen molar-refractivity contribution in [3.05, 3.63) is 29.8 Å². The van der Waals surface area contributed by atoms with E-state index in [-0.39, 0.29) is 0 Å². The molecule has 1 aliphatic rings. The summed E-state index contributed by atoms with van der Waals surface area (Å²) in [6.45, 7) is 1.44. The Labute approximate surface area is 97.8 Å². The molecule has 2 rings (SSSR count). The van der Waals surface area contributed by atoms with Gasteiger partial charge in [-0.25, -0.2) is 0 Å². The van der Waals surface area contributed by atoms with E-state index < -0.39 is 0 Å². The Bertz CT molecular complexity index is 318. The van der Waals surface area contributed by atoms with Gasteiger partial charge < -0.3 is 10.5 Å². The number of ether oxygens (including phenoxy) is 1. The SMILES string of the molecule is NCCCOc1ccccc1C1CCCC1. The van der Waals surface area contributed by atoms with E-state index in [1.165, 1.54) is 31.2 Å². The van der Waals surface area contributed by atoms with Crippen LogP contribution < -0.4 is 10.5 Å². The molecule has 0 aromatic heterocycles. The van der Waals surface area contributed by atoms with Gasteiger partial charge in [-0.15, -0.1) is 0 Å². The van der Waals surface area contributed by atoms with Gasteiger partial charge in [0.1, 0.15) is 5.75 Å². The Hall–Kier alpha value is -1.02. The van der Waals surface area contributed by atoms with Crippen molar-refractivity contribution in [2.45, 2.75) is 38.0 Å². The number of hydrogen-bond acceptors (Lipinski definition) is 2. The Morgan fingerprint density at radius 3 is 2.69 bits per heavy atom. The lowest BCUT2D eigenvalue weighted by Crippen LogP contribution is -2.07. The molecule has 16 heavy (non-hydrogen) atoms. The van der Waals surface area contributed by atoms with Gasteiger partial charge in [-0.3, -0.25) is 0 Å². The van der Waals surface area contributed by atoms with E-state index in [4.69, 9.17) is 10.5 Å². The van der Waals surface area contributed by atoms with Crippen molar-refractivity contribution in [2.75, 3.05) is 13.2 Å². The second-order valence-corrected chi connectivity index (χ2v) is 4.51. The van der Waals surface area contributed by atoms with Crippen LogP contribution in [0.15, 0.2) is 24.3 Å². The molecule has 0 heterocycles. The molecule has 2 N–H and O–H groups in total. The molecule has 0 atom stereocenters. The lowest BCUT2D eigenvalue weighted by atomic mass is 9.97. The van der Waals surface area contributed by atoms with Crippen molar-refractivity contribution < 1.29 is 4.74 Å². The van der Waals surface area contributed by atoms with Gasteiger partial charge in [0, 0.05) is 0 Å². The lowest BCUT2D eigenvalue weighted by molar-refractivity contribution is 0.308. The van der Waals surface area contributed by atoms with Crippen LogP contribution >= 0.6 is 0 Å². The predicted octanol–water partition coefficient (Wildman–Crippen LogP) is 3.07. The predicted molar refractivity (Wildman–Crippen MR) is 66.8 cm³/mol. The molecule has 0 bridgehead atoms. The van der Waals surface area contributed by atoms with Crippen LogP contribution in [0.25, 0.3) is 0 Å². The largest absolute Gasteiger partial charge is 0.493 e. The lowest BCUT2D eigenvalue weighted by Gasteiger charge is -2.15. The summed E-state index contributed by atoms with van der Waals surface area (Å²) < 4.78 is 5.81. The Kier molecular flexibility index (Phi) is 4.23. The molecule has 0 unspecified atom stereocenters. The zero-order valence-corrected chi connectivity index (χ0v) is 9.82. The fourth-order valence-electron chi connectivity index (χ4n) is 2.45. The Morgan fingerprint density at radius 1 is 1.19 bits per heavy atom. The minimum absolute atomic E-state index is 0.700. The smallest absolute Gasteiger partial charge is 0.122 e. The highest BCUT2D eigenvalue weighted by Gasteiger charge is 2.19. The van der Waals surface area contributed by atoms with Gasteiger partial charge in [0.05, 0.1) is 6.61 Å². The van der Waals surface area contributed by atoms with Crippen LogP contribution in [0.2, 0.25) is 0 Å². The van der Waals surface area contributed by atoms with Gasteiger partial charge in [-0.2, -0.15) is 0 Å². The summed E-state index contributed by atoms with van der Waals surface area (Å²) in [6.07, 6.45) is 6.29. The highest BCUT2D eigenvalue weighted by molar-refractivity contribution is 5.36. The molecule has 0 radical (unpaired) electrons. The van der Waals surface area contributed by atoms with Crippen LogP contribution in [0.5, 0.6) is 5.75 Å². The number of para-hydroxylation sites is 1. The summed E-state index contributed by atoms with van der Waals surface area (Å²) in [7, 11) is 0. The van der Waals surface area contributed by atoms with Crippen molar-refractivity contribution in [2.24, 2.45) is 5.73 Å². The van der Waals surface area contributed by atoms with E-state index >= 15 is 0 Å². The minimum atomic E-state index is 0.700. The zero-order chi connectivity index (χ0) is 11.2. The van der Waals surface area contributed by atoms with Gasteiger partial charge in [-0.1, -0.05) is 31.0 Å². The van der Waals surface area contributed by atoms with Crippen LogP contribution in [0.4, 0.5) is 0 Å². The third kappa shape index (κ3) is 2.76. The molecular weight excluding hydrogens is 198 g/mol. The summed E-state index contributed by atoms with van der Waals surface area (Å²) in [5.41, 5.74) is 6.87. The molecule has 0 saturated heterocycles. The van der Waals surface area contributed by atoms with Gasteiger partial charge >= 0.3 is 0 Å². The highest BCUT2D eigenvalue weighted by atomic mass is 16.5. The van der Waals surface area contributed by atoms with E-state index in [2.05, 4.69) is 24.3 Å². The molecule has 1 fully saturated rings. The van der Waals surface area contributed by atoms with Crippen LogP contribution in [0.1, 0.15) is 43.6 Å². The molecule has 0 aliphatic heterocycles. The van der Waals surface area contributed by atoms with Crippen molar-refractivity contribution in [3.63, 3.8) is 0 Å². The van der Waals surface area contributed by atoms with Gasteiger partial charge in [0.25, 0.3) is 0 Å². The van der Waals surface area contributed by atoms with E-state index in [0.717, 1.165) is 18.8 Å². The Balaban J connectivity index is 2.04. The van der Waals surface area contributed by atoms with Crippen LogP contribution in [0.3, 0.4) is 0 Å². The van der Waals surface area contributed by atoms with Crippen molar-refractivity contribution in [3.8, 4) is 5.75 Å². The maximum atomic E-state index is 5.81. The van der Waals surface area contributed by atoms with Crippen molar-refractivity contribution >= 4 is 0 Å². The van der Waals surface area contributed by atoms with E-state index in [0.29, 0.717) is 12.5 Å². The molecule has 1 aromatic carbocycles. The maximum absolute atomic E-state index is 5.81. The minimum Gasteiger partial charge on any atom is -0.493 e. The molecule has 0 amide bonds. The third-order valence-electron chi connectivity index (χ3n) is 3.32. The van der Waals surface area contributed by atoms with Crippen molar-refractivity contribution in [1.82, 2.24) is 0 Å². The summed E-state index contributed by atoms with van der Waals surface area (Å²) in [5.74, 6) is 1.79. The number of nitrogens with two attached hydrogens (primary N) is 1. The summed E-state index contributed by atoms with van der Waals surface area (Å²) >= 11 is 0. The van der Waals surface area contributed by atoms with Crippen molar-refractivity contribution in [1.29, 1.82) is 0 Å². The monoisotopic (exact) mass is 219 g/mol. The Morgan fingerprint density at radius 2 is 1.94 bits per heavy atom. The third-order valence-corrected chi connectivity index (χ3v) is 3.32. The number of hydrogen-bond donors (Lipinski definition) is 1. The second-order valence-electron chi connectivity index (χ2n) is 4.51. The molecule has 1 saturated carbocycles. The summed E-state index contributed by atoms with van der Waals surface area (Å²) in [5, 5.41) is 0. The first-order chi connectivity index (χ1) is 7.92. The number of rotatable bonds is 5. The van der Waals surface area contributed by atoms with Gasteiger partial charge in [0.15, 0.2) is 0 Å².